The minimum absolute atomic E-state index is 0.153. The summed E-state index contributed by atoms with van der Waals surface area (Å²) in [5.41, 5.74) is 1.86. The predicted octanol–water partition coefficient (Wildman–Crippen LogP) is 3.16. The van der Waals surface area contributed by atoms with E-state index >= 15 is 0 Å². The van der Waals surface area contributed by atoms with Gasteiger partial charge in [0.25, 0.3) is 0 Å². The molecule has 108 valence electrons. The van der Waals surface area contributed by atoms with E-state index in [-0.39, 0.29) is 5.82 Å². The first-order valence-corrected chi connectivity index (χ1v) is 6.88. The summed E-state index contributed by atoms with van der Waals surface area (Å²) in [7, 11) is 1.98. The topological polar surface area (TPSA) is 28.4 Å². The zero-order valence-corrected chi connectivity index (χ0v) is 12.0. The number of hydrogen-bond acceptors (Lipinski definition) is 3. The van der Waals surface area contributed by atoms with Gasteiger partial charge in [0.05, 0.1) is 12.8 Å². The first kappa shape index (κ1) is 14.8. The van der Waals surface area contributed by atoms with Gasteiger partial charge in [0, 0.05) is 24.2 Å². The second-order valence-corrected chi connectivity index (χ2v) is 4.91. The Labute approximate surface area is 119 Å². The van der Waals surface area contributed by atoms with Crippen molar-refractivity contribution in [3.05, 3.63) is 59.3 Å². The van der Waals surface area contributed by atoms with Crippen molar-refractivity contribution >= 4 is 0 Å². The van der Waals surface area contributed by atoms with Gasteiger partial charge in [-0.1, -0.05) is 25.1 Å². The Morgan fingerprint density at radius 3 is 2.65 bits per heavy atom. The summed E-state index contributed by atoms with van der Waals surface area (Å²) >= 11 is 0. The van der Waals surface area contributed by atoms with E-state index in [9.17, 15) is 4.39 Å². The molecule has 0 unspecified atom stereocenters. The van der Waals surface area contributed by atoms with E-state index in [0.29, 0.717) is 12.1 Å². The van der Waals surface area contributed by atoms with Gasteiger partial charge < -0.3 is 9.73 Å². The van der Waals surface area contributed by atoms with E-state index in [1.54, 1.807) is 12.3 Å². The van der Waals surface area contributed by atoms with Crippen LogP contribution in [-0.2, 0) is 19.6 Å². The molecule has 2 aromatic rings. The molecule has 0 saturated carbocycles. The maximum atomic E-state index is 13.6. The van der Waals surface area contributed by atoms with Crippen LogP contribution in [0, 0.1) is 5.82 Å². The quantitative estimate of drug-likeness (QED) is 0.842. The molecule has 4 heteroatoms. The van der Waals surface area contributed by atoms with Crippen molar-refractivity contribution in [1.29, 1.82) is 0 Å². The molecular formula is C16H21FN2O. The van der Waals surface area contributed by atoms with Crippen LogP contribution in [0.1, 0.15) is 23.8 Å². The van der Waals surface area contributed by atoms with Gasteiger partial charge in [0.1, 0.15) is 11.6 Å². The van der Waals surface area contributed by atoms with Crippen LogP contribution in [0.15, 0.2) is 41.0 Å². The fourth-order valence-corrected chi connectivity index (χ4v) is 2.17. The molecule has 0 atom stereocenters. The van der Waals surface area contributed by atoms with E-state index < -0.39 is 0 Å². The molecule has 0 aliphatic carbocycles. The Morgan fingerprint density at radius 1 is 1.15 bits per heavy atom. The Balaban J connectivity index is 1.96. The monoisotopic (exact) mass is 276 g/mol. The average molecular weight is 276 g/mol. The van der Waals surface area contributed by atoms with E-state index in [0.717, 1.165) is 31.0 Å². The third-order valence-electron chi connectivity index (χ3n) is 3.21. The number of furan rings is 1. The molecule has 0 saturated heterocycles. The van der Waals surface area contributed by atoms with Crippen molar-refractivity contribution in [1.82, 2.24) is 10.2 Å². The first-order chi connectivity index (χ1) is 9.70. The minimum Gasteiger partial charge on any atom is -0.468 e. The second-order valence-electron chi connectivity index (χ2n) is 4.91. The minimum atomic E-state index is -0.153. The standard InChI is InChI=1S/C16H21FN2O/c1-3-18-10-16-14(8-9-20-16)12-19(2)11-13-6-4-5-7-15(13)17/h4-9,18H,3,10-12H2,1-2H3. The SMILES string of the molecule is CCNCc1occc1CN(C)Cc1ccccc1F. The van der Waals surface area contributed by atoms with Crippen molar-refractivity contribution in [3.63, 3.8) is 0 Å². The van der Waals surface area contributed by atoms with E-state index in [2.05, 4.69) is 17.1 Å². The van der Waals surface area contributed by atoms with Crippen molar-refractivity contribution in [2.24, 2.45) is 0 Å². The predicted molar refractivity (Wildman–Crippen MR) is 77.7 cm³/mol. The average Bonchev–Trinajstić information content (AvgIpc) is 2.86. The van der Waals surface area contributed by atoms with E-state index in [4.69, 9.17) is 4.42 Å². The molecule has 1 N–H and O–H groups in total. The Morgan fingerprint density at radius 2 is 1.90 bits per heavy atom. The molecule has 0 aliphatic rings. The van der Waals surface area contributed by atoms with Crippen LogP contribution in [0.4, 0.5) is 4.39 Å². The second kappa shape index (κ2) is 7.22. The van der Waals surface area contributed by atoms with Crippen LogP contribution in [0.5, 0.6) is 0 Å². The van der Waals surface area contributed by atoms with Crippen LogP contribution < -0.4 is 5.32 Å². The summed E-state index contributed by atoms with van der Waals surface area (Å²) in [6.45, 7) is 5.02. The lowest BCUT2D eigenvalue weighted by Gasteiger charge is -2.17. The highest BCUT2D eigenvalue weighted by Crippen LogP contribution is 2.15. The normalized spacial score (nSPS) is 11.2. The molecule has 2 rings (SSSR count). The Hall–Kier alpha value is -1.65. The Kier molecular flexibility index (Phi) is 5.32. The Bertz CT molecular complexity index is 539. The zero-order valence-electron chi connectivity index (χ0n) is 12.0. The summed E-state index contributed by atoms with van der Waals surface area (Å²) in [6.07, 6.45) is 1.71. The van der Waals surface area contributed by atoms with Gasteiger partial charge >= 0.3 is 0 Å². The molecule has 0 bridgehead atoms. The highest BCUT2D eigenvalue weighted by molar-refractivity contribution is 5.19. The van der Waals surface area contributed by atoms with Gasteiger partial charge in [-0.05, 0) is 25.7 Å². The summed E-state index contributed by atoms with van der Waals surface area (Å²) in [4.78, 5) is 2.08. The van der Waals surface area contributed by atoms with Crippen molar-refractivity contribution in [2.45, 2.75) is 26.6 Å². The molecular weight excluding hydrogens is 255 g/mol. The molecule has 1 heterocycles. The largest absolute Gasteiger partial charge is 0.468 e. The summed E-state index contributed by atoms with van der Waals surface area (Å²) in [5, 5.41) is 3.25. The fraction of sp³-hybridized carbons (Fsp3) is 0.375. The maximum Gasteiger partial charge on any atom is 0.127 e. The number of nitrogens with one attached hydrogen (secondary N) is 1. The summed E-state index contributed by atoms with van der Waals surface area (Å²) < 4.78 is 19.1. The number of benzene rings is 1. The molecule has 3 nitrogen and oxygen atoms in total. The van der Waals surface area contributed by atoms with Crippen LogP contribution >= 0.6 is 0 Å². The van der Waals surface area contributed by atoms with Crippen LogP contribution in [0.25, 0.3) is 0 Å². The van der Waals surface area contributed by atoms with Gasteiger partial charge in [-0.3, -0.25) is 4.90 Å². The third kappa shape index (κ3) is 3.92. The number of rotatable bonds is 7. The van der Waals surface area contributed by atoms with Crippen LogP contribution in [0.3, 0.4) is 0 Å². The molecule has 20 heavy (non-hydrogen) atoms. The number of nitrogens with zero attached hydrogens (tertiary/aromatic N) is 1. The summed E-state index contributed by atoms with van der Waals surface area (Å²) in [5.74, 6) is 0.798. The molecule has 1 aromatic heterocycles. The zero-order chi connectivity index (χ0) is 14.4. The highest BCUT2D eigenvalue weighted by Gasteiger charge is 2.10. The smallest absolute Gasteiger partial charge is 0.127 e. The number of halogens is 1. The lowest BCUT2D eigenvalue weighted by atomic mass is 10.2. The highest BCUT2D eigenvalue weighted by atomic mass is 19.1. The van der Waals surface area contributed by atoms with Gasteiger partial charge in [0.2, 0.25) is 0 Å². The molecule has 0 spiro atoms. The fourth-order valence-electron chi connectivity index (χ4n) is 2.17. The number of hydrogen-bond donors (Lipinski definition) is 1. The van der Waals surface area contributed by atoms with Crippen molar-refractivity contribution < 1.29 is 8.81 Å². The van der Waals surface area contributed by atoms with E-state index in [1.165, 1.54) is 6.07 Å². The summed E-state index contributed by atoms with van der Waals surface area (Å²) in [6, 6.07) is 8.87. The van der Waals surface area contributed by atoms with Crippen LogP contribution in [0.2, 0.25) is 0 Å². The van der Waals surface area contributed by atoms with Crippen molar-refractivity contribution in [3.8, 4) is 0 Å². The van der Waals surface area contributed by atoms with Gasteiger partial charge in [0.15, 0.2) is 0 Å². The third-order valence-corrected chi connectivity index (χ3v) is 3.21. The lowest BCUT2D eigenvalue weighted by Crippen LogP contribution is -2.19. The van der Waals surface area contributed by atoms with E-state index in [1.807, 2.05) is 25.2 Å². The maximum absolute atomic E-state index is 13.6. The van der Waals surface area contributed by atoms with Crippen LogP contribution in [-0.4, -0.2) is 18.5 Å². The molecule has 0 aliphatic heterocycles. The lowest BCUT2D eigenvalue weighted by molar-refractivity contribution is 0.309. The van der Waals surface area contributed by atoms with Gasteiger partial charge in [-0.15, -0.1) is 0 Å². The molecule has 0 fully saturated rings. The molecule has 0 radical (unpaired) electrons. The molecule has 0 amide bonds. The first-order valence-electron chi connectivity index (χ1n) is 6.88. The molecule has 1 aromatic carbocycles. The van der Waals surface area contributed by atoms with Crippen molar-refractivity contribution in [2.75, 3.05) is 13.6 Å². The van der Waals surface area contributed by atoms with Gasteiger partial charge in [-0.25, -0.2) is 4.39 Å². The van der Waals surface area contributed by atoms with Gasteiger partial charge in [-0.2, -0.15) is 0 Å².